The fraction of sp³-hybridized carbons (Fsp3) is 0.231. The summed E-state index contributed by atoms with van der Waals surface area (Å²) >= 11 is 0. The van der Waals surface area contributed by atoms with Crippen LogP contribution < -0.4 is 0 Å². The molecule has 26 heavy (non-hydrogen) atoms. The Balaban J connectivity index is 1.73. The zero-order valence-electron chi connectivity index (χ0n) is 16.0. The first-order chi connectivity index (χ1) is 12.5. The van der Waals surface area contributed by atoms with Crippen molar-refractivity contribution in [3.8, 4) is 0 Å². The number of rotatable bonds is 3. The van der Waals surface area contributed by atoms with Gasteiger partial charge in [0.15, 0.2) is 0 Å². The van der Waals surface area contributed by atoms with Crippen LogP contribution >= 0.6 is 0 Å². The summed E-state index contributed by atoms with van der Waals surface area (Å²) in [4.78, 5) is 0. The quantitative estimate of drug-likeness (QED) is 0.519. The molecule has 0 heteroatoms. The summed E-state index contributed by atoms with van der Waals surface area (Å²) in [7, 11) is 0. The second-order valence-corrected chi connectivity index (χ2v) is 7.94. The number of fused-ring (bicyclic) bond motifs is 2. The van der Waals surface area contributed by atoms with E-state index < -0.39 is 0 Å². The molecule has 0 spiro atoms. The van der Waals surface area contributed by atoms with Crippen molar-refractivity contribution >= 4 is 16.7 Å². The van der Waals surface area contributed by atoms with E-state index in [1.807, 2.05) is 6.07 Å². The molecule has 0 N–H and O–H groups in total. The Hall–Kier alpha value is -2.60. The predicted octanol–water partition coefficient (Wildman–Crippen LogP) is 7.20. The number of allylic oxidation sites excluding steroid dienone is 7. The monoisotopic (exact) mass is 338 g/mol. The Morgan fingerprint density at radius 2 is 1.81 bits per heavy atom. The molecule has 2 aromatic carbocycles. The van der Waals surface area contributed by atoms with E-state index in [1.165, 1.54) is 33.4 Å². The minimum Gasteiger partial charge on any atom is -0.0911 e. The maximum absolute atomic E-state index is 4.26. The predicted molar refractivity (Wildman–Crippen MR) is 114 cm³/mol. The van der Waals surface area contributed by atoms with Gasteiger partial charge in [0.05, 0.1) is 0 Å². The molecule has 0 nitrogen and oxygen atoms in total. The second-order valence-electron chi connectivity index (χ2n) is 7.94. The Morgan fingerprint density at radius 1 is 1.04 bits per heavy atom. The maximum Gasteiger partial charge on any atom is 0.0155 e. The highest BCUT2D eigenvalue weighted by atomic mass is 14.4. The summed E-state index contributed by atoms with van der Waals surface area (Å²) in [6, 6.07) is 17.4. The van der Waals surface area contributed by atoms with Crippen LogP contribution in [0.3, 0.4) is 0 Å². The highest BCUT2D eigenvalue weighted by Crippen LogP contribution is 2.50. The third-order valence-electron chi connectivity index (χ3n) is 5.85. The van der Waals surface area contributed by atoms with Gasteiger partial charge in [-0.3, -0.25) is 0 Å². The van der Waals surface area contributed by atoms with Crippen LogP contribution in [0.25, 0.3) is 16.7 Å². The molecule has 4 rings (SSSR count). The lowest BCUT2D eigenvalue weighted by atomic mass is 9.80. The van der Waals surface area contributed by atoms with Crippen molar-refractivity contribution < 1.29 is 0 Å². The summed E-state index contributed by atoms with van der Waals surface area (Å²) in [5, 5.41) is 0. The van der Waals surface area contributed by atoms with Crippen molar-refractivity contribution in [2.45, 2.75) is 39.0 Å². The van der Waals surface area contributed by atoms with Gasteiger partial charge >= 0.3 is 0 Å². The van der Waals surface area contributed by atoms with E-state index in [-0.39, 0.29) is 5.41 Å². The highest BCUT2D eigenvalue weighted by molar-refractivity contribution is 5.87. The van der Waals surface area contributed by atoms with E-state index >= 15 is 0 Å². The number of hydrogen-bond acceptors (Lipinski definition) is 0. The average Bonchev–Trinajstić information content (AvgIpc) is 2.90. The van der Waals surface area contributed by atoms with Crippen LogP contribution in [0.1, 0.15) is 55.9 Å². The molecular weight excluding hydrogens is 312 g/mol. The molecule has 2 aliphatic rings. The van der Waals surface area contributed by atoms with E-state index in [0.29, 0.717) is 0 Å². The lowest BCUT2D eigenvalue weighted by Crippen LogP contribution is -2.16. The lowest BCUT2D eigenvalue weighted by molar-refractivity contribution is 0.651. The minimum atomic E-state index is 0.116. The molecule has 0 saturated heterocycles. The Labute approximate surface area is 157 Å². The Bertz CT molecular complexity index is 962. The van der Waals surface area contributed by atoms with E-state index in [1.54, 1.807) is 5.57 Å². The normalized spacial score (nSPS) is 17.9. The molecule has 0 saturated carbocycles. The van der Waals surface area contributed by atoms with Gasteiger partial charge in [0.25, 0.3) is 0 Å². The van der Waals surface area contributed by atoms with Crippen molar-refractivity contribution in [1.82, 2.24) is 0 Å². The van der Waals surface area contributed by atoms with Gasteiger partial charge < -0.3 is 0 Å². The zero-order valence-corrected chi connectivity index (χ0v) is 16.0. The molecule has 0 aliphatic heterocycles. The van der Waals surface area contributed by atoms with Crippen molar-refractivity contribution in [2.75, 3.05) is 0 Å². The molecule has 0 radical (unpaired) electrons. The van der Waals surface area contributed by atoms with Crippen LogP contribution in [0.15, 0.2) is 78.9 Å². The van der Waals surface area contributed by atoms with Crippen LogP contribution in [0.5, 0.6) is 0 Å². The van der Waals surface area contributed by atoms with Crippen LogP contribution in [-0.4, -0.2) is 0 Å². The Kier molecular flexibility index (Phi) is 4.07. The first-order valence-corrected chi connectivity index (χ1v) is 9.46. The second kappa shape index (κ2) is 6.29. The number of benzene rings is 2. The molecule has 0 amide bonds. The van der Waals surface area contributed by atoms with Gasteiger partial charge in [-0.25, -0.2) is 0 Å². The summed E-state index contributed by atoms with van der Waals surface area (Å²) in [5.74, 6) is 0. The fourth-order valence-corrected chi connectivity index (χ4v) is 4.34. The lowest BCUT2D eigenvalue weighted by Gasteiger charge is -2.24. The standard InChI is InChI=1S/C26H26/c1-18(20-10-6-5-7-11-20)16-19(2)21-14-15-25-23(17-21)22-12-8-9-13-24(22)26(25,3)4/h5-7,9-11,13-17H,1,8,12H2,2-4H3/b19-16+. The number of hydrogen-bond donors (Lipinski definition) is 0. The fourth-order valence-electron chi connectivity index (χ4n) is 4.34. The molecule has 130 valence electrons. The smallest absolute Gasteiger partial charge is 0.0155 e. The zero-order chi connectivity index (χ0) is 18.3. The topological polar surface area (TPSA) is 0 Å². The van der Waals surface area contributed by atoms with E-state index in [9.17, 15) is 0 Å². The largest absolute Gasteiger partial charge is 0.0911 e. The van der Waals surface area contributed by atoms with Crippen molar-refractivity contribution in [3.05, 3.63) is 101 Å². The molecule has 0 aromatic heterocycles. The van der Waals surface area contributed by atoms with Crippen molar-refractivity contribution in [2.24, 2.45) is 0 Å². The summed E-state index contributed by atoms with van der Waals surface area (Å²) in [6.07, 6.45) is 9.18. The molecule has 0 heterocycles. The summed E-state index contributed by atoms with van der Waals surface area (Å²) in [6.45, 7) is 11.1. The summed E-state index contributed by atoms with van der Waals surface area (Å²) < 4.78 is 0. The average molecular weight is 338 g/mol. The van der Waals surface area contributed by atoms with E-state index in [4.69, 9.17) is 0 Å². The van der Waals surface area contributed by atoms with Crippen LogP contribution in [0, 0.1) is 0 Å². The highest BCUT2D eigenvalue weighted by Gasteiger charge is 2.36. The van der Waals surface area contributed by atoms with E-state index in [2.05, 4.69) is 88.0 Å². The van der Waals surface area contributed by atoms with Crippen LogP contribution in [-0.2, 0) is 5.41 Å². The summed E-state index contributed by atoms with van der Waals surface area (Å²) in [5.41, 5.74) is 10.9. The van der Waals surface area contributed by atoms with Gasteiger partial charge in [-0.1, -0.05) is 81.1 Å². The Morgan fingerprint density at radius 3 is 2.58 bits per heavy atom. The van der Waals surface area contributed by atoms with E-state index in [0.717, 1.165) is 18.4 Å². The van der Waals surface area contributed by atoms with Gasteiger partial charge in [-0.15, -0.1) is 0 Å². The van der Waals surface area contributed by atoms with Gasteiger partial charge in [0.2, 0.25) is 0 Å². The first-order valence-electron chi connectivity index (χ1n) is 9.46. The van der Waals surface area contributed by atoms with Crippen LogP contribution in [0.4, 0.5) is 0 Å². The molecule has 0 bridgehead atoms. The SMILES string of the molecule is C=C(/C=C(\C)c1ccc2c(c1)C1=C(C=CCC1)C2(C)C)c1ccccc1. The van der Waals surface area contributed by atoms with Gasteiger partial charge in [0.1, 0.15) is 0 Å². The minimum absolute atomic E-state index is 0.116. The van der Waals surface area contributed by atoms with Crippen LogP contribution in [0.2, 0.25) is 0 Å². The van der Waals surface area contributed by atoms with Gasteiger partial charge in [-0.2, -0.15) is 0 Å². The maximum atomic E-state index is 4.26. The van der Waals surface area contributed by atoms with Crippen molar-refractivity contribution in [1.29, 1.82) is 0 Å². The molecule has 0 fully saturated rings. The molecule has 2 aromatic rings. The molecular formula is C26H26. The van der Waals surface area contributed by atoms with Gasteiger partial charge in [0, 0.05) is 5.41 Å². The van der Waals surface area contributed by atoms with Gasteiger partial charge in [-0.05, 0) is 70.4 Å². The van der Waals surface area contributed by atoms with Crippen molar-refractivity contribution in [3.63, 3.8) is 0 Å². The first kappa shape index (κ1) is 16.8. The molecule has 0 unspecified atom stereocenters. The molecule has 2 aliphatic carbocycles. The third kappa shape index (κ3) is 2.70. The molecule has 0 atom stereocenters. The third-order valence-corrected chi connectivity index (χ3v) is 5.85.